The van der Waals surface area contributed by atoms with Crippen LogP contribution in [0, 0.1) is 11.3 Å². The molecule has 0 radical (unpaired) electrons. The summed E-state index contributed by atoms with van der Waals surface area (Å²) >= 11 is 0. The summed E-state index contributed by atoms with van der Waals surface area (Å²) in [5.41, 5.74) is -0.0845. The molecule has 4 heteroatoms. The van der Waals surface area contributed by atoms with Crippen molar-refractivity contribution in [1.29, 1.82) is 5.26 Å². The molecule has 0 aliphatic heterocycles. The van der Waals surface area contributed by atoms with Gasteiger partial charge in [0.25, 0.3) is 5.56 Å². The Labute approximate surface area is 82.4 Å². The van der Waals surface area contributed by atoms with Crippen LogP contribution in [0.5, 0.6) is 0 Å². The van der Waals surface area contributed by atoms with Gasteiger partial charge < -0.3 is 9.30 Å². The van der Waals surface area contributed by atoms with Crippen molar-refractivity contribution in [1.82, 2.24) is 4.57 Å². The minimum atomic E-state index is -0.255. The van der Waals surface area contributed by atoms with Gasteiger partial charge >= 0.3 is 0 Å². The van der Waals surface area contributed by atoms with E-state index >= 15 is 0 Å². The zero-order valence-electron chi connectivity index (χ0n) is 8.06. The van der Waals surface area contributed by atoms with Crippen LogP contribution in [0.4, 0.5) is 0 Å². The molecule has 0 bridgehead atoms. The summed E-state index contributed by atoms with van der Waals surface area (Å²) in [6.45, 7) is 3.51. The summed E-state index contributed by atoms with van der Waals surface area (Å²) in [5.74, 6) is 0. The van der Waals surface area contributed by atoms with E-state index in [9.17, 15) is 4.79 Å². The second-order valence-electron chi connectivity index (χ2n) is 2.73. The summed E-state index contributed by atoms with van der Waals surface area (Å²) in [5, 5.41) is 8.62. The largest absolute Gasteiger partial charge is 0.380 e. The molecule has 0 spiro atoms. The molecule has 0 aliphatic rings. The molecule has 1 rings (SSSR count). The van der Waals surface area contributed by atoms with Gasteiger partial charge in [0.05, 0.1) is 6.61 Å². The molecule has 1 heterocycles. The topological polar surface area (TPSA) is 55.0 Å². The number of nitriles is 1. The molecule has 0 N–H and O–H groups in total. The van der Waals surface area contributed by atoms with Gasteiger partial charge in [-0.25, -0.2) is 0 Å². The molecule has 1 aromatic rings. The van der Waals surface area contributed by atoms with Crippen LogP contribution in [0.2, 0.25) is 0 Å². The Morgan fingerprint density at radius 1 is 1.64 bits per heavy atom. The molecule has 0 unspecified atom stereocenters. The number of nitrogens with zero attached hydrogens (tertiary/aromatic N) is 2. The van der Waals surface area contributed by atoms with E-state index in [-0.39, 0.29) is 11.1 Å². The Bertz CT molecular complexity index is 390. The number of aromatic nitrogens is 1. The second-order valence-corrected chi connectivity index (χ2v) is 2.73. The number of pyridine rings is 1. The zero-order chi connectivity index (χ0) is 10.4. The molecule has 0 aromatic carbocycles. The van der Waals surface area contributed by atoms with E-state index in [0.717, 1.165) is 0 Å². The first-order valence-corrected chi connectivity index (χ1v) is 4.47. The Hall–Kier alpha value is -1.60. The molecule has 0 atom stereocenters. The smallest absolute Gasteiger partial charge is 0.268 e. The predicted molar refractivity (Wildman–Crippen MR) is 51.9 cm³/mol. The van der Waals surface area contributed by atoms with Crippen molar-refractivity contribution >= 4 is 0 Å². The lowest BCUT2D eigenvalue weighted by Gasteiger charge is -2.04. The van der Waals surface area contributed by atoms with Gasteiger partial charge in [-0.15, -0.1) is 0 Å². The van der Waals surface area contributed by atoms with Crippen LogP contribution in [0.25, 0.3) is 0 Å². The number of hydrogen-bond acceptors (Lipinski definition) is 3. The van der Waals surface area contributed by atoms with Gasteiger partial charge in [-0.2, -0.15) is 5.26 Å². The first kappa shape index (κ1) is 10.5. The van der Waals surface area contributed by atoms with E-state index < -0.39 is 0 Å². The van der Waals surface area contributed by atoms with E-state index in [1.54, 1.807) is 12.3 Å². The summed E-state index contributed by atoms with van der Waals surface area (Å²) in [6.07, 6.45) is 1.65. The summed E-state index contributed by atoms with van der Waals surface area (Å²) in [7, 11) is 0. The SMILES string of the molecule is CCOCCn1cccc(C#N)c1=O. The van der Waals surface area contributed by atoms with Crippen LogP contribution in [-0.2, 0) is 11.3 Å². The van der Waals surface area contributed by atoms with Gasteiger partial charge in [0.15, 0.2) is 0 Å². The lowest BCUT2D eigenvalue weighted by molar-refractivity contribution is 0.138. The summed E-state index contributed by atoms with van der Waals surface area (Å²) < 4.78 is 6.60. The van der Waals surface area contributed by atoms with Gasteiger partial charge in [-0.3, -0.25) is 4.79 Å². The third-order valence-corrected chi connectivity index (χ3v) is 1.82. The van der Waals surface area contributed by atoms with Gasteiger partial charge in [-0.05, 0) is 19.1 Å². The number of hydrogen-bond donors (Lipinski definition) is 0. The van der Waals surface area contributed by atoms with Crippen molar-refractivity contribution < 1.29 is 4.74 Å². The molecule has 0 aliphatic carbocycles. The van der Waals surface area contributed by atoms with Crippen molar-refractivity contribution in [2.45, 2.75) is 13.5 Å². The second kappa shape index (κ2) is 5.20. The fourth-order valence-corrected chi connectivity index (χ4v) is 1.11. The van der Waals surface area contributed by atoms with Crippen molar-refractivity contribution in [2.24, 2.45) is 0 Å². The van der Waals surface area contributed by atoms with Gasteiger partial charge in [0.1, 0.15) is 11.6 Å². The van der Waals surface area contributed by atoms with Crippen LogP contribution in [0.3, 0.4) is 0 Å². The first-order chi connectivity index (χ1) is 6.79. The van der Waals surface area contributed by atoms with Crippen LogP contribution in [-0.4, -0.2) is 17.8 Å². The van der Waals surface area contributed by atoms with E-state index in [4.69, 9.17) is 10.00 Å². The Balaban J connectivity index is 2.79. The zero-order valence-corrected chi connectivity index (χ0v) is 8.06. The fourth-order valence-electron chi connectivity index (χ4n) is 1.11. The molecule has 0 amide bonds. The van der Waals surface area contributed by atoms with Crippen LogP contribution >= 0.6 is 0 Å². The monoisotopic (exact) mass is 192 g/mol. The van der Waals surface area contributed by atoms with Crippen LogP contribution in [0.1, 0.15) is 12.5 Å². The maximum Gasteiger partial charge on any atom is 0.268 e. The Morgan fingerprint density at radius 3 is 3.07 bits per heavy atom. The lowest BCUT2D eigenvalue weighted by atomic mass is 10.3. The normalized spacial score (nSPS) is 9.71. The van der Waals surface area contributed by atoms with Crippen LogP contribution < -0.4 is 5.56 Å². The van der Waals surface area contributed by atoms with Crippen molar-refractivity contribution in [3.05, 3.63) is 34.2 Å². The Morgan fingerprint density at radius 2 is 2.43 bits per heavy atom. The Kier molecular flexibility index (Phi) is 3.89. The van der Waals surface area contributed by atoms with Crippen LogP contribution in [0.15, 0.2) is 23.1 Å². The fraction of sp³-hybridized carbons (Fsp3) is 0.400. The van der Waals surface area contributed by atoms with Crippen molar-refractivity contribution in [3.63, 3.8) is 0 Å². The highest BCUT2D eigenvalue weighted by atomic mass is 16.5. The molecule has 4 nitrogen and oxygen atoms in total. The minimum Gasteiger partial charge on any atom is -0.380 e. The molecular weight excluding hydrogens is 180 g/mol. The molecule has 0 saturated carbocycles. The summed E-state index contributed by atoms with van der Waals surface area (Å²) in [6, 6.07) is 5.05. The molecule has 14 heavy (non-hydrogen) atoms. The molecule has 1 aromatic heterocycles. The van der Waals surface area contributed by atoms with Gasteiger partial charge in [0, 0.05) is 19.3 Å². The third-order valence-electron chi connectivity index (χ3n) is 1.82. The van der Waals surface area contributed by atoms with Crippen molar-refractivity contribution in [2.75, 3.05) is 13.2 Å². The standard InChI is InChI=1S/C10H12N2O2/c1-2-14-7-6-12-5-3-4-9(8-11)10(12)13/h3-5H,2,6-7H2,1H3. The summed E-state index contributed by atoms with van der Waals surface area (Å²) in [4.78, 5) is 11.5. The highest BCUT2D eigenvalue weighted by Gasteiger charge is 2.00. The highest BCUT2D eigenvalue weighted by molar-refractivity contribution is 5.24. The minimum absolute atomic E-state index is 0.170. The molecular formula is C10H12N2O2. The average Bonchev–Trinajstić information content (AvgIpc) is 2.21. The maximum atomic E-state index is 11.5. The van der Waals surface area contributed by atoms with Crippen molar-refractivity contribution in [3.8, 4) is 6.07 Å². The lowest BCUT2D eigenvalue weighted by Crippen LogP contribution is -2.23. The number of ether oxygens (including phenoxy) is 1. The maximum absolute atomic E-state index is 11.5. The van der Waals surface area contributed by atoms with Gasteiger partial charge in [-0.1, -0.05) is 0 Å². The molecule has 0 saturated heterocycles. The number of rotatable bonds is 4. The van der Waals surface area contributed by atoms with E-state index in [1.165, 1.54) is 10.6 Å². The molecule has 74 valence electrons. The highest BCUT2D eigenvalue weighted by Crippen LogP contribution is 1.89. The first-order valence-electron chi connectivity index (χ1n) is 4.47. The van der Waals surface area contributed by atoms with E-state index in [2.05, 4.69) is 0 Å². The predicted octanol–water partition coefficient (Wildman–Crippen LogP) is 0.756. The molecule has 0 fully saturated rings. The quantitative estimate of drug-likeness (QED) is 0.662. The van der Waals surface area contributed by atoms with E-state index in [1.807, 2.05) is 13.0 Å². The van der Waals surface area contributed by atoms with E-state index in [0.29, 0.717) is 19.8 Å². The van der Waals surface area contributed by atoms with Gasteiger partial charge in [0.2, 0.25) is 0 Å². The average molecular weight is 192 g/mol. The third kappa shape index (κ3) is 2.44.